The number of nitrogens with zero attached hydrogens (tertiary/aromatic N) is 2. The van der Waals surface area contributed by atoms with Crippen LogP contribution in [0.1, 0.15) is 34.7 Å². The Bertz CT molecular complexity index is 700. The van der Waals surface area contributed by atoms with Crippen LogP contribution in [-0.2, 0) is 6.54 Å². The summed E-state index contributed by atoms with van der Waals surface area (Å²) >= 11 is 6.13. The average molecular weight is 317 g/mol. The number of rotatable bonds is 5. The number of hydrogen-bond acceptors (Lipinski definition) is 4. The number of nitrogens with one attached hydrogen (secondary N) is 2. The predicted molar refractivity (Wildman–Crippen MR) is 86.0 cm³/mol. The summed E-state index contributed by atoms with van der Waals surface area (Å²) in [5.41, 5.74) is 1.37. The van der Waals surface area contributed by atoms with E-state index in [9.17, 15) is 4.79 Å². The molecule has 1 aliphatic carbocycles. The van der Waals surface area contributed by atoms with Gasteiger partial charge in [-0.25, -0.2) is 9.97 Å². The molecule has 3 rings (SSSR count). The van der Waals surface area contributed by atoms with E-state index in [1.165, 1.54) is 0 Å². The van der Waals surface area contributed by atoms with Crippen molar-refractivity contribution < 1.29 is 4.79 Å². The highest BCUT2D eigenvalue weighted by molar-refractivity contribution is 6.31. The minimum absolute atomic E-state index is 0.145. The van der Waals surface area contributed by atoms with Gasteiger partial charge in [0.05, 0.1) is 0 Å². The van der Waals surface area contributed by atoms with Gasteiger partial charge < -0.3 is 10.6 Å². The molecule has 0 aliphatic heterocycles. The van der Waals surface area contributed by atoms with Crippen molar-refractivity contribution in [1.82, 2.24) is 15.3 Å². The topological polar surface area (TPSA) is 66.9 Å². The van der Waals surface area contributed by atoms with Crippen molar-refractivity contribution in [2.75, 3.05) is 5.32 Å². The van der Waals surface area contributed by atoms with E-state index in [4.69, 9.17) is 11.6 Å². The van der Waals surface area contributed by atoms with Gasteiger partial charge in [-0.1, -0.05) is 29.8 Å². The Labute approximate surface area is 134 Å². The average Bonchev–Trinajstić information content (AvgIpc) is 3.30. The van der Waals surface area contributed by atoms with Crippen molar-refractivity contribution in [3.63, 3.8) is 0 Å². The highest BCUT2D eigenvalue weighted by atomic mass is 35.5. The van der Waals surface area contributed by atoms with Gasteiger partial charge in [-0.05, 0) is 31.4 Å². The van der Waals surface area contributed by atoms with Gasteiger partial charge in [-0.2, -0.15) is 0 Å². The van der Waals surface area contributed by atoms with E-state index in [1.807, 2.05) is 24.3 Å². The highest BCUT2D eigenvalue weighted by Crippen LogP contribution is 2.20. The van der Waals surface area contributed by atoms with Gasteiger partial charge in [0.25, 0.3) is 5.91 Å². The first-order chi connectivity index (χ1) is 10.6. The number of aryl methyl sites for hydroxylation is 1. The molecule has 1 aromatic carbocycles. The number of carbonyl (C=O) groups is 1. The smallest absolute Gasteiger partial charge is 0.270 e. The molecule has 0 spiro atoms. The minimum Gasteiger partial charge on any atom is -0.366 e. The molecule has 6 heteroatoms. The third kappa shape index (κ3) is 3.74. The summed E-state index contributed by atoms with van der Waals surface area (Å²) in [6, 6.07) is 9.59. The second-order valence-electron chi connectivity index (χ2n) is 5.38. The fourth-order valence-corrected chi connectivity index (χ4v) is 2.29. The number of amides is 1. The van der Waals surface area contributed by atoms with Crippen LogP contribution in [0.2, 0.25) is 5.02 Å². The summed E-state index contributed by atoms with van der Waals surface area (Å²) in [6.07, 6.45) is 2.10. The number of carbonyl (C=O) groups excluding carboxylic acids is 1. The molecule has 0 saturated heterocycles. The van der Waals surface area contributed by atoms with Crippen LogP contribution in [0.3, 0.4) is 0 Å². The first-order valence-electron chi connectivity index (χ1n) is 7.25. The quantitative estimate of drug-likeness (QED) is 0.890. The Morgan fingerprint density at radius 1 is 1.32 bits per heavy atom. The predicted octanol–water partition coefficient (Wildman–Crippen LogP) is 2.94. The van der Waals surface area contributed by atoms with E-state index >= 15 is 0 Å². The fourth-order valence-electron chi connectivity index (χ4n) is 2.09. The minimum atomic E-state index is -0.145. The molecule has 1 fully saturated rings. The third-order valence-electron chi connectivity index (χ3n) is 3.40. The van der Waals surface area contributed by atoms with E-state index in [1.54, 1.807) is 13.0 Å². The second-order valence-corrected chi connectivity index (χ2v) is 5.79. The zero-order valence-electron chi connectivity index (χ0n) is 12.3. The van der Waals surface area contributed by atoms with Crippen molar-refractivity contribution >= 4 is 23.3 Å². The van der Waals surface area contributed by atoms with Crippen LogP contribution in [0.4, 0.5) is 5.82 Å². The molecular formula is C16H17ClN4O. The van der Waals surface area contributed by atoms with Crippen LogP contribution in [-0.4, -0.2) is 21.9 Å². The van der Waals surface area contributed by atoms with Crippen molar-refractivity contribution in [1.29, 1.82) is 0 Å². The largest absolute Gasteiger partial charge is 0.366 e. The maximum atomic E-state index is 12.1. The molecule has 1 heterocycles. The lowest BCUT2D eigenvalue weighted by Crippen LogP contribution is -2.26. The first kappa shape index (κ1) is 14.8. The van der Waals surface area contributed by atoms with Crippen LogP contribution in [0.5, 0.6) is 0 Å². The zero-order valence-corrected chi connectivity index (χ0v) is 13.0. The van der Waals surface area contributed by atoms with Gasteiger partial charge in [0.1, 0.15) is 17.3 Å². The molecular weight excluding hydrogens is 300 g/mol. The van der Waals surface area contributed by atoms with Crippen molar-refractivity contribution in [2.24, 2.45) is 0 Å². The summed E-state index contributed by atoms with van der Waals surface area (Å²) in [4.78, 5) is 20.6. The van der Waals surface area contributed by atoms with Crippen molar-refractivity contribution in [3.05, 3.63) is 52.4 Å². The van der Waals surface area contributed by atoms with E-state index in [0.29, 0.717) is 34.9 Å². The molecule has 0 bridgehead atoms. The lowest BCUT2D eigenvalue weighted by Gasteiger charge is -2.10. The maximum absolute atomic E-state index is 12.1. The van der Waals surface area contributed by atoms with Gasteiger partial charge in [0.15, 0.2) is 0 Å². The zero-order chi connectivity index (χ0) is 15.5. The Hall–Kier alpha value is -2.14. The van der Waals surface area contributed by atoms with E-state index in [0.717, 1.165) is 18.4 Å². The monoisotopic (exact) mass is 316 g/mol. The third-order valence-corrected chi connectivity index (χ3v) is 3.77. The van der Waals surface area contributed by atoms with Gasteiger partial charge >= 0.3 is 0 Å². The van der Waals surface area contributed by atoms with Gasteiger partial charge in [-0.3, -0.25) is 4.79 Å². The maximum Gasteiger partial charge on any atom is 0.270 e. The van der Waals surface area contributed by atoms with Crippen LogP contribution >= 0.6 is 11.6 Å². The Kier molecular flexibility index (Phi) is 4.24. The standard InChI is InChI=1S/C16H17ClN4O/c1-10-19-14(16(22)21-12-6-7-12)8-15(20-10)18-9-11-4-2-3-5-13(11)17/h2-5,8,12H,6-7,9H2,1H3,(H,21,22)(H,18,19,20). The molecule has 0 radical (unpaired) electrons. The molecule has 1 amide bonds. The summed E-state index contributed by atoms with van der Waals surface area (Å²) in [6.45, 7) is 2.31. The molecule has 0 atom stereocenters. The SMILES string of the molecule is Cc1nc(NCc2ccccc2Cl)cc(C(=O)NC2CC2)n1. The molecule has 1 saturated carbocycles. The molecule has 0 unspecified atom stereocenters. The molecule has 22 heavy (non-hydrogen) atoms. The first-order valence-corrected chi connectivity index (χ1v) is 7.63. The highest BCUT2D eigenvalue weighted by Gasteiger charge is 2.24. The lowest BCUT2D eigenvalue weighted by molar-refractivity contribution is 0.0945. The Morgan fingerprint density at radius 2 is 2.09 bits per heavy atom. The van der Waals surface area contributed by atoms with E-state index in [2.05, 4.69) is 20.6 Å². The number of hydrogen-bond donors (Lipinski definition) is 2. The van der Waals surface area contributed by atoms with Crippen molar-refractivity contribution in [2.45, 2.75) is 32.4 Å². The molecule has 1 aliphatic rings. The summed E-state index contributed by atoms with van der Waals surface area (Å²) in [5, 5.41) is 6.82. The second kappa shape index (κ2) is 6.32. The molecule has 5 nitrogen and oxygen atoms in total. The molecule has 114 valence electrons. The Morgan fingerprint density at radius 3 is 2.82 bits per heavy atom. The number of benzene rings is 1. The van der Waals surface area contributed by atoms with Crippen LogP contribution in [0, 0.1) is 6.92 Å². The molecule has 2 N–H and O–H groups in total. The number of anilines is 1. The van der Waals surface area contributed by atoms with Gasteiger partial charge in [0, 0.05) is 23.7 Å². The van der Waals surface area contributed by atoms with Crippen LogP contribution in [0.15, 0.2) is 30.3 Å². The van der Waals surface area contributed by atoms with Gasteiger partial charge in [0.2, 0.25) is 0 Å². The lowest BCUT2D eigenvalue weighted by atomic mass is 10.2. The van der Waals surface area contributed by atoms with Crippen LogP contribution in [0.25, 0.3) is 0 Å². The van der Waals surface area contributed by atoms with Crippen LogP contribution < -0.4 is 10.6 Å². The summed E-state index contributed by atoms with van der Waals surface area (Å²) < 4.78 is 0. The molecule has 1 aromatic heterocycles. The summed E-state index contributed by atoms with van der Waals surface area (Å²) in [5.74, 6) is 1.03. The summed E-state index contributed by atoms with van der Waals surface area (Å²) in [7, 11) is 0. The van der Waals surface area contributed by atoms with Gasteiger partial charge in [-0.15, -0.1) is 0 Å². The van der Waals surface area contributed by atoms with E-state index < -0.39 is 0 Å². The fraction of sp³-hybridized carbons (Fsp3) is 0.312. The molecule has 2 aromatic rings. The van der Waals surface area contributed by atoms with Crippen molar-refractivity contribution in [3.8, 4) is 0 Å². The van der Waals surface area contributed by atoms with E-state index in [-0.39, 0.29) is 5.91 Å². The number of halogens is 1. The number of aromatic nitrogens is 2. The normalized spacial score (nSPS) is 13.7. The Balaban J connectivity index is 1.71.